The van der Waals surface area contributed by atoms with Crippen molar-refractivity contribution in [2.75, 3.05) is 10.6 Å². The van der Waals surface area contributed by atoms with Crippen LogP contribution in [0, 0.1) is 11.8 Å². The summed E-state index contributed by atoms with van der Waals surface area (Å²) in [4.78, 5) is 45.1. The molecular weight excluding hydrogens is 450 g/mol. The first-order valence-electron chi connectivity index (χ1n) is 12.4. The maximum absolute atomic E-state index is 12.3. The second kappa shape index (κ2) is 8.51. The number of amides is 4. The Bertz CT molecular complexity index is 1230. The Kier molecular flexibility index (Phi) is 5.30. The summed E-state index contributed by atoms with van der Waals surface area (Å²) in [5.74, 6) is 1.50. The highest BCUT2D eigenvalue weighted by Crippen LogP contribution is 2.38. The monoisotopic (exact) mass is 479 g/mol. The third kappa shape index (κ3) is 4.64. The van der Waals surface area contributed by atoms with Crippen molar-refractivity contribution < 1.29 is 14.4 Å². The average Bonchev–Trinajstić information content (AvgIpc) is 3.72. The lowest BCUT2D eigenvalue weighted by atomic mass is 9.91. The number of nitrogens with one attached hydrogen (secondary N) is 5. The van der Waals surface area contributed by atoms with Crippen molar-refractivity contribution >= 4 is 41.5 Å². The third-order valence-electron chi connectivity index (χ3n) is 7.18. The lowest BCUT2D eigenvalue weighted by Crippen LogP contribution is -2.41. The minimum absolute atomic E-state index is 0.149. The molecule has 4 aliphatic rings. The lowest BCUT2D eigenvalue weighted by Gasteiger charge is -2.29. The van der Waals surface area contributed by atoms with Gasteiger partial charge in [-0.3, -0.25) is 14.9 Å². The summed E-state index contributed by atoms with van der Waals surface area (Å²) < 4.78 is 1.62. The number of anilines is 2. The number of fused-ring (bicyclic) bond motifs is 1. The normalized spacial score (nSPS) is 29.1. The molecule has 0 radical (unpaired) electrons. The third-order valence-corrected chi connectivity index (χ3v) is 7.18. The summed E-state index contributed by atoms with van der Waals surface area (Å²) >= 11 is 0. The number of aromatic nitrogens is 4. The van der Waals surface area contributed by atoms with Gasteiger partial charge >= 0.3 is 6.03 Å². The molecule has 0 bridgehead atoms. The number of imide groups is 1. The molecular formula is C23H29N9O3. The van der Waals surface area contributed by atoms with Gasteiger partial charge in [-0.05, 0) is 56.9 Å². The van der Waals surface area contributed by atoms with E-state index in [1.165, 1.54) is 0 Å². The van der Waals surface area contributed by atoms with Crippen LogP contribution in [0.3, 0.4) is 0 Å². The fourth-order valence-electron chi connectivity index (χ4n) is 4.76. The molecule has 4 amide bonds. The van der Waals surface area contributed by atoms with E-state index in [1.807, 2.05) is 0 Å². The minimum atomic E-state index is -0.552. The van der Waals surface area contributed by atoms with Crippen LogP contribution in [0.15, 0.2) is 11.9 Å². The average molecular weight is 480 g/mol. The second-order valence-electron chi connectivity index (χ2n) is 10.1. The van der Waals surface area contributed by atoms with Gasteiger partial charge in [0.1, 0.15) is 5.70 Å². The van der Waals surface area contributed by atoms with Gasteiger partial charge in [0.15, 0.2) is 5.65 Å². The van der Waals surface area contributed by atoms with Gasteiger partial charge in [-0.2, -0.15) is 19.6 Å². The molecule has 4 fully saturated rings. The van der Waals surface area contributed by atoms with Crippen LogP contribution in [-0.2, 0) is 9.59 Å². The summed E-state index contributed by atoms with van der Waals surface area (Å²) in [6.45, 7) is 2.12. The van der Waals surface area contributed by atoms with Crippen molar-refractivity contribution in [3.63, 3.8) is 0 Å². The van der Waals surface area contributed by atoms with E-state index in [1.54, 1.807) is 16.8 Å². The Morgan fingerprint density at radius 3 is 2.37 bits per heavy atom. The number of rotatable bonds is 7. The van der Waals surface area contributed by atoms with E-state index in [0.29, 0.717) is 35.1 Å². The van der Waals surface area contributed by atoms with Crippen molar-refractivity contribution in [2.24, 2.45) is 11.8 Å². The summed E-state index contributed by atoms with van der Waals surface area (Å²) in [5.41, 5.74) is 1.28. The molecule has 184 valence electrons. The molecule has 1 saturated heterocycles. The first-order valence-corrected chi connectivity index (χ1v) is 12.4. The van der Waals surface area contributed by atoms with Crippen molar-refractivity contribution in [2.45, 2.75) is 70.0 Å². The highest BCUT2D eigenvalue weighted by Gasteiger charge is 2.40. The van der Waals surface area contributed by atoms with Crippen LogP contribution in [0.25, 0.3) is 11.7 Å². The highest BCUT2D eigenvalue weighted by molar-refractivity contribution is 6.14. The first-order chi connectivity index (χ1) is 16.9. The predicted molar refractivity (Wildman–Crippen MR) is 127 cm³/mol. The topological polar surface area (TPSA) is 154 Å². The molecule has 0 spiro atoms. The Morgan fingerprint density at radius 2 is 1.71 bits per heavy atom. The maximum Gasteiger partial charge on any atom is 0.326 e. The molecule has 2 aromatic heterocycles. The van der Waals surface area contributed by atoms with Gasteiger partial charge in [0.2, 0.25) is 17.8 Å². The smallest absolute Gasteiger partial charge is 0.326 e. The molecule has 2 aromatic rings. The second-order valence-corrected chi connectivity index (χ2v) is 10.1. The molecule has 0 aromatic carbocycles. The van der Waals surface area contributed by atoms with Gasteiger partial charge in [-0.15, -0.1) is 0 Å². The molecule has 2 atom stereocenters. The van der Waals surface area contributed by atoms with Gasteiger partial charge in [-0.1, -0.05) is 6.92 Å². The molecule has 3 aliphatic carbocycles. The Hall–Kier alpha value is -3.70. The van der Waals surface area contributed by atoms with Gasteiger partial charge in [0, 0.05) is 29.6 Å². The molecule has 3 saturated carbocycles. The summed E-state index contributed by atoms with van der Waals surface area (Å²) in [5, 5.41) is 19.2. The molecule has 2 unspecified atom stereocenters. The van der Waals surface area contributed by atoms with E-state index in [2.05, 4.69) is 43.6 Å². The van der Waals surface area contributed by atoms with Crippen molar-refractivity contribution in [1.82, 2.24) is 35.5 Å². The van der Waals surface area contributed by atoms with E-state index in [-0.39, 0.29) is 29.6 Å². The largest absolute Gasteiger partial charge is 0.353 e. The van der Waals surface area contributed by atoms with Crippen LogP contribution in [0.4, 0.5) is 16.7 Å². The summed E-state index contributed by atoms with van der Waals surface area (Å²) in [6.07, 6.45) is 9.98. The van der Waals surface area contributed by atoms with Crippen molar-refractivity contribution in [3.8, 4) is 0 Å². The zero-order chi connectivity index (χ0) is 24.1. The molecule has 6 rings (SSSR count). The predicted octanol–water partition coefficient (Wildman–Crippen LogP) is 1.37. The van der Waals surface area contributed by atoms with Gasteiger partial charge in [-0.25, -0.2) is 4.79 Å². The standard InChI is InChI=1S/C23H29N9O3/c1-11-8-16(11)19(33)25-13-2-4-14(5-3-13)26-21-29-18-12(9-17-20(34)30-23(35)28-17)10-24-32(18)22(31-21)27-15-6-7-15/h9-11,13-16H,2-8H2,1H3,(H,25,33)(H2,26,27,29,31)(H2,28,30,34,35)/b17-9-/t11?,13-,14-,16?. The number of hydrogen-bond donors (Lipinski definition) is 5. The number of carbonyl (C=O) groups excluding carboxylic acids is 3. The van der Waals surface area contributed by atoms with Gasteiger partial charge in [0.25, 0.3) is 5.91 Å². The maximum atomic E-state index is 12.3. The van der Waals surface area contributed by atoms with Crippen LogP contribution in [0.1, 0.15) is 57.4 Å². The quantitative estimate of drug-likeness (QED) is 0.295. The van der Waals surface area contributed by atoms with Crippen LogP contribution in [0.2, 0.25) is 0 Å². The fraction of sp³-hybridized carbons (Fsp3) is 0.565. The first kappa shape index (κ1) is 21.8. The minimum Gasteiger partial charge on any atom is -0.353 e. The number of hydrogen-bond acceptors (Lipinski definition) is 8. The van der Waals surface area contributed by atoms with Gasteiger partial charge < -0.3 is 21.3 Å². The molecule has 12 nitrogen and oxygen atoms in total. The summed E-state index contributed by atoms with van der Waals surface area (Å²) in [7, 11) is 0. The zero-order valence-corrected chi connectivity index (χ0v) is 19.5. The summed E-state index contributed by atoms with van der Waals surface area (Å²) in [6, 6.07) is 0.234. The van der Waals surface area contributed by atoms with Gasteiger partial charge in [0.05, 0.1) is 6.20 Å². The molecule has 12 heteroatoms. The number of carbonyl (C=O) groups is 3. The highest BCUT2D eigenvalue weighted by atomic mass is 16.2. The Morgan fingerprint density at radius 1 is 1.03 bits per heavy atom. The van der Waals surface area contributed by atoms with Crippen LogP contribution in [0.5, 0.6) is 0 Å². The van der Waals surface area contributed by atoms with E-state index < -0.39 is 11.9 Å². The fourth-order valence-corrected chi connectivity index (χ4v) is 4.76. The zero-order valence-electron chi connectivity index (χ0n) is 19.5. The Balaban J connectivity index is 1.18. The van der Waals surface area contributed by atoms with Crippen LogP contribution >= 0.6 is 0 Å². The van der Waals surface area contributed by atoms with Crippen molar-refractivity contribution in [1.29, 1.82) is 0 Å². The molecule has 3 heterocycles. The molecule has 1 aliphatic heterocycles. The van der Waals surface area contributed by atoms with E-state index in [4.69, 9.17) is 4.98 Å². The Labute approximate surface area is 201 Å². The molecule has 5 N–H and O–H groups in total. The SMILES string of the molecule is CC1CC1C(=O)N[C@H]1CC[C@H](Nc2nc(NC3CC3)n3ncc(/C=C4\NC(=O)NC4=O)c3n2)CC1. The van der Waals surface area contributed by atoms with Crippen molar-refractivity contribution in [3.05, 3.63) is 17.5 Å². The number of nitrogens with zero attached hydrogens (tertiary/aromatic N) is 4. The van der Waals surface area contributed by atoms with Crippen LogP contribution in [-0.4, -0.2) is 55.6 Å². The van der Waals surface area contributed by atoms with Crippen LogP contribution < -0.4 is 26.6 Å². The van der Waals surface area contributed by atoms with E-state index >= 15 is 0 Å². The van der Waals surface area contributed by atoms with E-state index in [0.717, 1.165) is 44.9 Å². The number of urea groups is 1. The van der Waals surface area contributed by atoms with E-state index in [9.17, 15) is 14.4 Å². The molecule has 35 heavy (non-hydrogen) atoms. The lowest BCUT2D eigenvalue weighted by molar-refractivity contribution is -0.123.